The molecule has 2 aliphatic heterocycles. The van der Waals surface area contributed by atoms with Crippen LogP contribution in [0.1, 0.15) is 12.0 Å². The lowest BCUT2D eigenvalue weighted by Gasteiger charge is -2.46. The third-order valence-corrected chi connectivity index (χ3v) is 4.34. The molecule has 1 atom stereocenters. The average molecular weight is 269 g/mol. The molecular weight excluding hydrogens is 252 g/mol. The second kappa shape index (κ2) is 4.72. The van der Waals surface area contributed by atoms with E-state index in [9.17, 15) is 8.78 Å². The number of rotatable bonds is 3. The van der Waals surface area contributed by atoms with Crippen LogP contribution in [0, 0.1) is 17.6 Å². The molecule has 104 valence electrons. The normalized spacial score (nSPS) is 25.1. The molecule has 5 heteroatoms. The first-order valence-corrected chi connectivity index (χ1v) is 6.49. The summed E-state index contributed by atoms with van der Waals surface area (Å²) in [6.45, 7) is 2.67. The molecule has 0 bridgehead atoms. The summed E-state index contributed by atoms with van der Waals surface area (Å²) >= 11 is 0. The minimum absolute atomic E-state index is 0.0545. The smallest absolute Gasteiger partial charge is 0.165 e. The van der Waals surface area contributed by atoms with Gasteiger partial charge in [-0.2, -0.15) is 0 Å². The molecular formula is C14H17F2NO2. The SMILES string of the molecule is COc1cc(F)c(C2(C3CCNC3)COC2)cc1F. The lowest BCUT2D eigenvalue weighted by molar-refractivity contribution is -0.0886. The van der Waals surface area contributed by atoms with Crippen molar-refractivity contribution in [2.24, 2.45) is 5.92 Å². The van der Waals surface area contributed by atoms with Crippen molar-refractivity contribution in [1.29, 1.82) is 0 Å². The van der Waals surface area contributed by atoms with Gasteiger partial charge in [0.25, 0.3) is 0 Å². The highest BCUT2D eigenvalue weighted by atomic mass is 19.1. The second-order valence-corrected chi connectivity index (χ2v) is 5.31. The number of nitrogens with one attached hydrogen (secondary N) is 1. The van der Waals surface area contributed by atoms with E-state index in [1.54, 1.807) is 0 Å². The van der Waals surface area contributed by atoms with Gasteiger partial charge in [-0.15, -0.1) is 0 Å². The van der Waals surface area contributed by atoms with Crippen molar-refractivity contribution in [2.45, 2.75) is 11.8 Å². The molecule has 0 aliphatic carbocycles. The van der Waals surface area contributed by atoms with Gasteiger partial charge in [0.2, 0.25) is 0 Å². The molecule has 2 heterocycles. The number of ether oxygens (including phenoxy) is 2. The molecule has 2 aliphatic rings. The van der Waals surface area contributed by atoms with Crippen molar-refractivity contribution < 1.29 is 18.3 Å². The Kier molecular flexibility index (Phi) is 3.19. The molecule has 1 N–H and O–H groups in total. The van der Waals surface area contributed by atoms with E-state index in [1.807, 2.05) is 0 Å². The van der Waals surface area contributed by atoms with Gasteiger partial charge in [0, 0.05) is 17.0 Å². The van der Waals surface area contributed by atoms with Crippen LogP contribution in [0.5, 0.6) is 5.75 Å². The van der Waals surface area contributed by atoms with Crippen LogP contribution >= 0.6 is 0 Å². The van der Waals surface area contributed by atoms with E-state index < -0.39 is 11.6 Å². The van der Waals surface area contributed by atoms with Crippen LogP contribution in [0.2, 0.25) is 0 Å². The minimum atomic E-state index is -0.517. The Morgan fingerprint density at radius 2 is 2.11 bits per heavy atom. The first-order valence-electron chi connectivity index (χ1n) is 6.49. The van der Waals surface area contributed by atoms with E-state index in [0.717, 1.165) is 25.6 Å². The fourth-order valence-electron chi connectivity index (χ4n) is 3.13. The van der Waals surface area contributed by atoms with E-state index in [1.165, 1.54) is 13.2 Å². The Hall–Kier alpha value is -1.20. The standard InChI is InChI=1S/C14H17F2NO2/c1-18-13-5-11(15)10(4-12(13)16)14(7-19-8-14)9-2-3-17-6-9/h4-5,9,17H,2-3,6-8H2,1H3. The van der Waals surface area contributed by atoms with E-state index >= 15 is 0 Å². The zero-order valence-corrected chi connectivity index (χ0v) is 10.8. The van der Waals surface area contributed by atoms with Gasteiger partial charge in [-0.25, -0.2) is 8.78 Å². The fourth-order valence-corrected chi connectivity index (χ4v) is 3.13. The third kappa shape index (κ3) is 1.92. The first-order chi connectivity index (χ1) is 9.17. The summed E-state index contributed by atoms with van der Waals surface area (Å²) in [5.41, 5.74) is 0.0338. The molecule has 3 rings (SSSR count). The minimum Gasteiger partial charge on any atom is -0.494 e. The zero-order chi connectivity index (χ0) is 13.5. The van der Waals surface area contributed by atoms with Gasteiger partial charge in [-0.1, -0.05) is 0 Å². The van der Waals surface area contributed by atoms with Crippen LogP contribution in [0.4, 0.5) is 8.78 Å². The molecule has 19 heavy (non-hydrogen) atoms. The Morgan fingerprint density at radius 1 is 1.32 bits per heavy atom. The van der Waals surface area contributed by atoms with E-state index in [-0.39, 0.29) is 11.2 Å². The fraction of sp³-hybridized carbons (Fsp3) is 0.571. The van der Waals surface area contributed by atoms with E-state index in [0.29, 0.717) is 24.7 Å². The number of methoxy groups -OCH3 is 1. The lowest BCUT2D eigenvalue weighted by atomic mass is 9.68. The Labute approximate surface area is 110 Å². The maximum absolute atomic E-state index is 14.3. The molecule has 1 unspecified atom stereocenters. The van der Waals surface area contributed by atoms with Gasteiger partial charge in [0.15, 0.2) is 11.6 Å². The first kappa shape index (κ1) is 12.8. The summed E-state index contributed by atoms with van der Waals surface area (Å²) in [5.74, 6) is -0.686. The lowest BCUT2D eigenvalue weighted by Crippen LogP contribution is -2.53. The van der Waals surface area contributed by atoms with Crippen molar-refractivity contribution in [3.63, 3.8) is 0 Å². The van der Waals surface area contributed by atoms with E-state index in [2.05, 4.69) is 5.32 Å². The Morgan fingerprint density at radius 3 is 2.63 bits per heavy atom. The number of benzene rings is 1. The van der Waals surface area contributed by atoms with Crippen LogP contribution < -0.4 is 10.1 Å². The summed E-state index contributed by atoms with van der Waals surface area (Å²) in [7, 11) is 1.33. The van der Waals surface area contributed by atoms with Gasteiger partial charge >= 0.3 is 0 Å². The molecule has 1 aromatic carbocycles. The molecule has 0 saturated carbocycles. The summed E-state index contributed by atoms with van der Waals surface area (Å²) in [6.07, 6.45) is 0.969. The van der Waals surface area contributed by atoms with Gasteiger partial charge in [-0.3, -0.25) is 0 Å². The zero-order valence-electron chi connectivity index (χ0n) is 10.8. The number of hydrogen-bond donors (Lipinski definition) is 1. The van der Waals surface area contributed by atoms with Gasteiger partial charge < -0.3 is 14.8 Å². The molecule has 2 saturated heterocycles. The van der Waals surface area contributed by atoms with Crippen molar-refractivity contribution in [3.05, 3.63) is 29.3 Å². The highest BCUT2D eigenvalue weighted by molar-refractivity contribution is 5.38. The number of halogens is 2. The molecule has 0 spiro atoms. The monoisotopic (exact) mass is 269 g/mol. The average Bonchev–Trinajstić information content (AvgIpc) is 2.86. The summed E-state index contributed by atoms with van der Waals surface area (Å²) < 4.78 is 38.2. The van der Waals surface area contributed by atoms with E-state index in [4.69, 9.17) is 9.47 Å². The topological polar surface area (TPSA) is 30.5 Å². The van der Waals surface area contributed by atoms with Crippen molar-refractivity contribution in [1.82, 2.24) is 5.32 Å². The Balaban J connectivity index is 2.02. The summed E-state index contributed by atoms with van der Waals surface area (Å²) in [5, 5.41) is 3.28. The highest BCUT2D eigenvalue weighted by Gasteiger charge is 2.49. The van der Waals surface area contributed by atoms with Crippen LogP contribution in [0.3, 0.4) is 0 Å². The van der Waals surface area contributed by atoms with Gasteiger partial charge in [0.1, 0.15) is 5.82 Å². The Bertz CT molecular complexity index is 483. The predicted octanol–water partition coefficient (Wildman–Crippen LogP) is 1.85. The van der Waals surface area contributed by atoms with Crippen molar-refractivity contribution in [2.75, 3.05) is 33.4 Å². The van der Waals surface area contributed by atoms with Crippen molar-refractivity contribution >= 4 is 0 Å². The largest absolute Gasteiger partial charge is 0.494 e. The van der Waals surface area contributed by atoms with Gasteiger partial charge in [-0.05, 0) is 31.5 Å². The molecule has 1 aromatic rings. The molecule has 0 radical (unpaired) electrons. The second-order valence-electron chi connectivity index (χ2n) is 5.31. The summed E-state index contributed by atoms with van der Waals surface area (Å²) in [6, 6.07) is 2.40. The maximum atomic E-state index is 14.3. The molecule has 3 nitrogen and oxygen atoms in total. The van der Waals surface area contributed by atoms with Crippen LogP contribution in [0.25, 0.3) is 0 Å². The number of hydrogen-bond acceptors (Lipinski definition) is 3. The maximum Gasteiger partial charge on any atom is 0.165 e. The molecule has 0 aromatic heterocycles. The molecule has 2 fully saturated rings. The third-order valence-electron chi connectivity index (χ3n) is 4.34. The predicted molar refractivity (Wildman–Crippen MR) is 66.4 cm³/mol. The van der Waals surface area contributed by atoms with Crippen molar-refractivity contribution in [3.8, 4) is 5.75 Å². The quantitative estimate of drug-likeness (QED) is 0.908. The van der Waals surface area contributed by atoms with Gasteiger partial charge in [0.05, 0.1) is 20.3 Å². The highest BCUT2D eigenvalue weighted by Crippen LogP contribution is 2.44. The van der Waals surface area contributed by atoms with Crippen LogP contribution in [0.15, 0.2) is 12.1 Å². The summed E-state index contributed by atoms with van der Waals surface area (Å²) in [4.78, 5) is 0. The molecule has 0 amide bonds. The van der Waals surface area contributed by atoms with Crippen LogP contribution in [-0.2, 0) is 10.2 Å². The van der Waals surface area contributed by atoms with Crippen LogP contribution in [-0.4, -0.2) is 33.4 Å².